The number of thiazole rings is 1. The van der Waals surface area contributed by atoms with E-state index in [0.29, 0.717) is 11.2 Å². The number of hydrogen-bond donors (Lipinski definition) is 2. The maximum atomic E-state index is 11.0. The highest BCUT2D eigenvalue weighted by Crippen LogP contribution is 2.26. The molecular weight excluding hydrogens is 216 g/mol. The Bertz CT molecular complexity index is 554. The number of carbonyl (C=O) groups is 1. The Morgan fingerprint density at radius 1 is 1.80 bits per heavy atom. The third-order valence-electron chi connectivity index (χ3n) is 2.11. The van der Waals surface area contributed by atoms with Gasteiger partial charge in [-0.2, -0.15) is 5.10 Å². The molecule has 6 nitrogen and oxygen atoms in total. The fraction of sp³-hybridized carbons (Fsp3) is 0.125. The summed E-state index contributed by atoms with van der Waals surface area (Å²) in [7, 11) is 1.65. The van der Waals surface area contributed by atoms with Crippen LogP contribution in [0.15, 0.2) is 10.6 Å². The molecule has 2 rings (SSSR count). The van der Waals surface area contributed by atoms with E-state index >= 15 is 0 Å². The molecule has 0 fully saturated rings. The first kappa shape index (κ1) is 9.66. The fourth-order valence-electron chi connectivity index (χ4n) is 1.51. The van der Waals surface area contributed by atoms with Gasteiger partial charge in [-0.25, -0.2) is 9.78 Å². The molecule has 2 aromatic rings. The van der Waals surface area contributed by atoms with Crippen molar-refractivity contribution in [2.75, 3.05) is 0 Å². The molecule has 0 aliphatic heterocycles. The van der Waals surface area contributed by atoms with Gasteiger partial charge in [0, 0.05) is 12.6 Å². The number of aromatic carboxylic acids is 1. The molecule has 0 aromatic carbocycles. The summed E-state index contributed by atoms with van der Waals surface area (Å²) in [5.41, 5.74) is 2.94. The normalized spacial score (nSPS) is 11.5. The van der Waals surface area contributed by atoms with E-state index in [9.17, 15) is 4.79 Å². The Morgan fingerprint density at radius 2 is 2.53 bits per heavy atom. The summed E-state index contributed by atoms with van der Waals surface area (Å²) in [5, 5.41) is 12.4. The second-order valence-electron chi connectivity index (χ2n) is 2.91. The van der Waals surface area contributed by atoms with Gasteiger partial charge in [0.2, 0.25) is 0 Å². The molecule has 0 spiro atoms. The summed E-state index contributed by atoms with van der Waals surface area (Å²) in [6.07, 6.45) is 1.34. The van der Waals surface area contributed by atoms with E-state index in [4.69, 9.17) is 10.9 Å². The molecule has 0 atom stereocenters. The minimum absolute atomic E-state index is 0.151. The van der Waals surface area contributed by atoms with Gasteiger partial charge < -0.3 is 15.5 Å². The van der Waals surface area contributed by atoms with Crippen molar-refractivity contribution in [2.45, 2.75) is 0 Å². The summed E-state index contributed by atoms with van der Waals surface area (Å²) >= 11 is 1.36. The third-order valence-corrected chi connectivity index (χ3v) is 2.96. The van der Waals surface area contributed by atoms with Gasteiger partial charge in [-0.3, -0.25) is 0 Å². The number of nitrogens with zero attached hydrogens (tertiary/aromatic N) is 3. The van der Waals surface area contributed by atoms with Crippen LogP contribution < -0.4 is 5.84 Å². The number of hydrazone groups is 1. The van der Waals surface area contributed by atoms with Crippen molar-refractivity contribution in [1.29, 1.82) is 0 Å². The number of nitrogens with two attached hydrogens (primary N) is 1. The zero-order valence-electron chi connectivity index (χ0n) is 7.84. The molecule has 7 heteroatoms. The predicted octanol–water partition coefficient (Wildman–Crippen LogP) is 0.626. The summed E-state index contributed by atoms with van der Waals surface area (Å²) in [6.45, 7) is 0. The summed E-state index contributed by atoms with van der Waals surface area (Å²) in [5.74, 6) is 4.03. The first-order valence-corrected chi connectivity index (χ1v) is 4.93. The zero-order chi connectivity index (χ0) is 11.0. The van der Waals surface area contributed by atoms with Crippen LogP contribution in [-0.2, 0) is 7.05 Å². The van der Waals surface area contributed by atoms with Crippen LogP contribution in [0.2, 0.25) is 0 Å². The van der Waals surface area contributed by atoms with Gasteiger partial charge in [0.25, 0.3) is 0 Å². The Hall–Kier alpha value is -1.89. The highest BCUT2D eigenvalue weighted by Gasteiger charge is 2.20. The molecule has 0 aliphatic rings. The minimum atomic E-state index is -1.02. The molecule has 0 radical (unpaired) electrons. The third kappa shape index (κ3) is 1.28. The van der Waals surface area contributed by atoms with E-state index in [-0.39, 0.29) is 5.69 Å². The molecule has 0 saturated heterocycles. The topological polar surface area (TPSA) is 93.5 Å². The molecule has 2 aromatic heterocycles. The van der Waals surface area contributed by atoms with Gasteiger partial charge in [-0.05, 0) is 0 Å². The number of carboxylic acid groups (broad SMARTS) is 1. The van der Waals surface area contributed by atoms with Crippen LogP contribution in [0.4, 0.5) is 0 Å². The lowest BCUT2D eigenvalue weighted by Crippen LogP contribution is -2.07. The van der Waals surface area contributed by atoms with E-state index in [2.05, 4.69) is 10.1 Å². The van der Waals surface area contributed by atoms with E-state index in [1.165, 1.54) is 22.1 Å². The van der Waals surface area contributed by atoms with Gasteiger partial charge in [-0.15, -0.1) is 11.3 Å². The van der Waals surface area contributed by atoms with Crippen molar-refractivity contribution in [3.8, 4) is 0 Å². The molecule has 15 heavy (non-hydrogen) atoms. The zero-order valence-corrected chi connectivity index (χ0v) is 8.65. The van der Waals surface area contributed by atoms with Gasteiger partial charge in [-0.1, -0.05) is 0 Å². The Labute approximate surface area is 88.6 Å². The van der Waals surface area contributed by atoms with Gasteiger partial charge in [0.05, 0.1) is 16.4 Å². The molecule has 3 N–H and O–H groups in total. The van der Waals surface area contributed by atoms with Gasteiger partial charge in [0.15, 0.2) is 5.65 Å². The molecular formula is C8H8N4O2S. The van der Waals surface area contributed by atoms with Crippen molar-refractivity contribution in [3.05, 3.63) is 16.8 Å². The second kappa shape index (κ2) is 3.35. The molecule has 0 aliphatic carbocycles. The smallest absolute Gasteiger partial charge is 0.353 e. The van der Waals surface area contributed by atoms with Crippen LogP contribution in [0.25, 0.3) is 10.3 Å². The quantitative estimate of drug-likeness (QED) is 0.444. The highest BCUT2D eigenvalue weighted by atomic mass is 32.1. The van der Waals surface area contributed by atoms with Crippen LogP contribution in [0.5, 0.6) is 0 Å². The number of hydrogen-bond acceptors (Lipinski definition) is 5. The van der Waals surface area contributed by atoms with Crippen molar-refractivity contribution in [2.24, 2.45) is 18.0 Å². The summed E-state index contributed by atoms with van der Waals surface area (Å²) in [4.78, 5) is 15.1. The van der Waals surface area contributed by atoms with Crippen LogP contribution in [0.3, 0.4) is 0 Å². The number of fused-ring (bicyclic) bond motifs is 1. The average molecular weight is 224 g/mol. The summed E-state index contributed by atoms with van der Waals surface area (Å²) < 4.78 is 2.30. The van der Waals surface area contributed by atoms with Crippen molar-refractivity contribution >= 4 is 33.9 Å². The lowest BCUT2D eigenvalue weighted by Gasteiger charge is -1.97. The van der Waals surface area contributed by atoms with Crippen LogP contribution in [0, 0.1) is 0 Å². The maximum Gasteiger partial charge on any atom is 0.353 e. The Balaban J connectivity index is 2.86. The lowest BCUT2D eigenvalue weighted by molar-refractivity contribution is 0.0687. The average Bonchev–Trinajstić information content (AvgIpc) is 2.71. The Morgan fingerprint density at radius 3 is 3.13 bits per heavy atom. The molecule has 0 amide bonds. The van der Waals surface area contributed by atoms with E-state index in [0.717, 1.165) is 4.70 Å². The predicted molar refractivity (Wildman–Crippen MR) is 57.3 cm³/mol. The first-order valence-electron chi connectivity index (χ1n) is 4.05. The minimum Gasteiger partial charge on any atom is -0.477 e. The van der Waals surface area contributed by atoms with Gasteiger partial charge >= 0.3 is 5.97 Å². The molecule has 2 heterocycles. The molecule has 0 unspecified atom stereocenters. The molecule has 0 bridgehead atoms. The van der Waals surface area contributed by atoms with Crippen LogP contribution in [0.1, 0.15) is 16.1 Å². The molecule has 78 valence electrons. The SMILES string of the molecule is Cn1c(C(=O)O)c(C=NN)c2scnc21. The van der Waals surface area contributed by atoms with Crippen molar-refractivity contribution in [3.63, 3.8) is 0 Å². The second-order valence-corrected chi connectivity index (χ2v) is 3.76. The van der Waals surface area contributed by atoms with Crippen LogP contribution in [-0.4, -0.2) is 26.8 Å². The monoisotopic (exact) mass is 224 g/mol. The first-order chi connectivity index (χ1) is 7.16. The van der Waals surface area contributed by atoms with E-state index in [1.54, 1.807) is 12.6 Å². The Kier molecular flexibility index (Phi) is 2.16. The molecule has 0 saturated carbocycles. The standard InChI is InChI=1S/C8H8N4O2S/c1-12-5(8(13)14)4(2-11-9)6-7(12)10-3-15-6/h2-3H,9H2,1H3,(H,13,14). The number of carboxylic acids is 1. The number of aromatic nitrogens is 2. The maximum absolute atomic E-state index is 11.0. The van der Waals surface area contributed by atoms with Crippen molar-refractivity contribution < 1.29 is 9.90 Å². The van der Waals surface area contributed by atoms with Crippen LogP contribution >= 0.6 is 11.3 Å². The van der Waals surface area contributed by atoms with E-state index in [1.807, 2.05) is 0 Å². The highest BCUT2D eigenvalue weighted by molar-refractivity contribution is 7.17. The number of aryl methyl sites for hydroxylation is 1. The van der Waals surface area contributed by atoms with Crippen molar-refractivity contribution in [1.82, 2.24) is 9.55 Å². The summed E-state index contributed by atoms with van der Waals surface area (Å²) in [6, 6.07) is 0. The van der Waals surface area contributed by atoms with Gasteiger partial charge in [0.1, 0.15) is 5.69 Å². The lowest BCUT2D eigenvalue weighted by atomic mass is 10.2. The van der Waals surface area contributed by atoms with E-state index < -0.39 is 5.97 Å². The fourth-order valence-corrected chi connectivity index (χ4v) is 2.34. The number of rotatable bonds is 2. The largest absolute Gasteiger partial charge is 0.477 e.